The van der Waals surface area contributed by atoms with Crippen molar-refractivity contribution in [2.45, 2.75) is 37.8 Å². The van der Waals surface area contributed by atoms with Crippen LogP contribution in [0.2, 0.25) is 5.02 Å². The summed E-state index contributed by atoms with van der Waals surface area (Å²) in [5.74, 6) is -1.00. The number of ether oxygens (including phenoxy) is 1. The molecule has 2 aromatic carbocycles. The van der Waals surface area contributed by atoms with Gasteiger partial charge in [-0.3, -0.25) is 9.80 Å². The molecule has 0 saturated carbocycles. The summed E-state index contributed by atoms with van der Waals surface area (Å²) in [6.07, 6.45) is 0. The third-order valence-electron chi connectivity index (χ3n) is 6.90. The number of carbonyl (C=O) groups excluding carboxylic acids is 2. The lowest BCUT2D eigenvalue weighted by Gasteiger charge is -2.42. The Balaban J connectivity index is 1.64. The molecule has 0 aromatic heterocycles. The minimum Gasteiger partial charge on any atom is -0.463 e. The fourth-order valence-electron chi connectivity index (χ4n) is 5.03. The minimum absolute atomic E-state index is 0.143. The molecule has 210 valence electrons. The van der Waals surface area contributed by atoms with Crippen LogP contribution in [0.3, 0.4) is 0 Å². The lowest BCUT2D eigenvalue weighted by Crippen LogP contribution is -2.56. The highest BCUT2D eigenvalue weighted by Gasteiger charge is 2.40. The number of likely N-dealkylation sites (N-methyl/N-ethyl adjacent to an activating group) is 1. The van der Waals surface area contributed by atoms with Crippen molar-refractivity contribution < 1.29 is 27.1 Å². The Hall–Kier alpha value is -2.99. The van der Waals surface area contributed by atoms with Crippen molar-refractivity contribution in [2.75, 3.05) is 39.3 Å². The first-order chi connectivity index (χ1) is 18.6. The van der Waals surface area contributed by atoms with Gasteiger partial charge < -0.3 is 10.1 Å². The molecule has 39 heavy (non-hydrogen) atoms. The quantitative estimate of drug-likeness (QED) is 0.479. The smallest absolute Gasteiger partial charge is 0.338 e. The van der Waals surface area contributed by atoms with Gasteiger partial charge in [0.05, 0.1) is 23.1 Å². The van der Waals surface area contributed by atoms with Crippen LogP contribution in [-0.2, 0) is 19.6 Å². The van der Waals surface area contributed by atoms with Crippen LogP contribution < -0.4 is 5.32 Å². The number of nitrogens with one attached hydrogen (secondary N) is 1. The zero-order valence-corrected chi connectivity index (χ0v) is 23.6. The summed E-state index contributed by atoms with van der Waals surface area (Å²) in [5, 5.41) is 3.31. The molecule has 0 spiro atoms. The number of amides is 2. The summed E-state index contributed by atoms with van der Waals surface area (Å²) in [4.78, 5) is 30.1. The van der Waals surface area contributed by atoms with E-state index in [1.54, 1.807) is 26.0 Å². The van der Waals surface area contributed by atoms with Crippen LogP contribution in [0.5, 0.6) is 0 Å². The second-order valence-corrected chi connectivity index (χ2v) is 11.7. The summed E-state index contributed by atoms with van der Waals surface area (Å²) in [6.45, 7) is 7.01. The largest absolute Gasteiger partial charge is 0.463 e. The van der Waals surface area contributed by atoms with Crippen molar-refractivity contribution in [1.29, 1.82) is 0 Å². The molecule has 9 nitrogen and oxygen atoms in total. The Labute approximate surface area is 233 Å². The third-order valence-corrected chi connectivity index (χ3v) is 9.18. The highest BCUT2D eigenvalue weighted by Crippen LogP contribution is 2.33. The Kier molecular flexibility index (Phi) is 8.95. The Bertz CT molecular complexity index is 1350. The number of piperazine rings is 1. The molecular weight excluding hydrogens is 547 g/mol. The van der Waals surface area contributed by atoms with E-state index in [9.17, 15) is 22.4 Å². The highest BCUT2D eigenvalue weighted by molar-refractivity contribution is 7.89. The van der Waals surface area contributed by atoms with E-state index in [1.165, 1.54) is 45.6 Å². The van der Waals surface area contributed by atoms with Crippen molar-refractivity contribution in [2.24, 2.45) is 0 Å². The molecule has 0 aliphatic carbocycles. The number of carbonyl (C=O) groups is 2. The van der Waals surface area contributed by atoms with E-state index in [1.807, 2.05) is 11.8 Å². The molecule has 2 amide bonds. The molecule has 2 atom stereocenters. The molecule has 2 aliphatic heterocycles. The number of hydrogen-bond acceptors (Lipinski definition) is 6. The van der Waals surface area contributed by atoms with Gasteiger partial charge in [-0.15, -0.1) is 0 Å². The number of nitrogens with zero attached hydrogens (tertiary/aromatic N) is 3. The van der Waals surface area contributed by atoms with Gasteiger partial charge in [0.25, 0.3) is 0 Å². The van der Waals surface area contributed by atoms with Gasteiger partial charge in [0.2, 0.25) is 10.0 Å². The van der Waals surface area contributed by atoms with Crippen LogP contribution in [0.15, 0.2) is 64.7 Å². The number of esters is 1. The average molecular weight is 579 g/mol. The zero-order chi connectivity index (χ0) is 28.3. The molecule has 1 fully saturated rings. The number of rotatable bonds is 8. The van der Waals surface area contributed by atoms with Crippen molar-refractivity contribution in [3.8, 4) is 0 Å². The highest BCUT2D eigenvalue weighted by atomic mass is 35.5. The summed E-state index contributed by atoms with van der Waals surface area (Å²) in [6, 6.07) is 10.1. The van der Waals surface area contributed by atoms with Gasteiger partial charge in [-0.2, -0.15) is 4.31 Å². The fraction of sp³-hybridized carbons (Fsp3) is 0.407. The van der Waals surface area contributed by atoms with Crippen molar-refractivity contribution >= 4 is 33.6 Å². The molecule has 2 aromatic rings. The van der Waals surface area contributed by atoms with Crippen LogP contribution in [0.25, 0.3) is 0 Å². The van der Waals surface area contributed by atoms with E-state index < -0.39 is 27.9 Å². The zero-order valence-electron chi connectivity index (χ0n) is 22.1. The second kappa shape index (κ2) is 12.0. The van der Waals surface area contributed by atoms with Crippen LogP contribution in [0.4, 0.5) is 9.18 Å². The summed E-state index contributed by atoms with van der Waals surface area (Å²) < 4.78 is 47.0. The van der Waals surface area contributed by atoms with Gasteiger partial charge >= 0.3 is 12.0 Å². The standard InChI is InChI=1S/C27H32ClFN4O5S/c1-4-32-23(24(26(34)38-5-2)25(30-27(32)35)19-6-10-21(29)11-7-19)17-31-14-15-33(18(3)16-31)39(36,37)22-12-8-20(28)9-13-22/h6-13,18,25H,4-5,14-17H2,1-3H3,(H,30,35)/t18-,25-/m1/s1. The maximum Gasteiger partial charge on any atom is 0.338 e. The van der Waals surface area contributed by atoms with Gasteiger partial charge in [0.15, 0.2) is 0 Å². The topological polar surface area (TPSA) is 99.3 Å². The van der Waals surface area contributed by atoms with Gasteiger partial charge in [0, 0.05) is 49.5 Å². The van der Waals surface area contributed by atoms with Crippen molar-refractivity contribution in [1.82, 2.24) is 19.4 Å². The summed E-state index contributed by atoms with van der Waals surface area (Å²) in [7, 11) is -3.73. The molecular formula is C27H32ClFN4O5S. The van der Waals surface area contributed by atoms with E-state index in [-0.39, 0.29) is 42.2 Å². The lowest BCUT2D eigenvalue weighted by molar-refractivity contribution is -0.139. The van der Waals surface area contributed by atoms with Gasteiger partial charge in [0.1, 0.15) is 5.82 Å². The predicted molar refractivity (Wildman–Crippen MR) is 145 cm³/mol. The molecule has 2 heterocycles. The number of benzene rings is 2. The maximum absolute atomic E-state index is 13.6. The SMILES string of the molecule is CCOC(=O)C1=C(CN2CCN(S(=O)(=O)c3ccc(Cl)cc3)[C@H](C)C2)N(CC)C(=O)N[C@@H]1c1ccc(F)cc1. The average Bonchev–Trinajstić information content (AvgIpc) is 2.89. The molecule has 0 bridgehead atoms. The fourth-order valence-corrected chi connectivity index (χ4v) is 6.77. The summed E-state index contributed by atoms with van der Waals surface area (Å²) in [5.41, 5.74) is 1.30. The van der Waals surface area contributed by atoms with Gasteiger partial charge in [-0.05, 0) is 62.7 Å². The summed E-state index contributed by atoms with van der Waals surface area (Å²) >= 11 is 5.93. The van der Waals surface area contributed by atoms with Gasteiger partial charge in [-0.1, -0.05) is 23.7 Å². The molecule has 0 radical (unpaired) electrons. The first-order valence-electron chi connectivity index (χ1n) is 12.8. The van der Waals surface area contributed by atoms with Crippen LogP contribution >= 0.6 is 11.6 Å². The molecule has 12 heteroatoms. The third kappa shape index (κ3) is 6.11. The predicted octanol–water partition coefficient (Wildman–Crippen LogP) is 3.78. The Morgan fingerprint density at radius 1 is 1.10 bits per heavy atom. The number of halogens is 2. The van der Waals surface area contributed by atoms with E-state index in [4.69, 9.17) is 16.3 Å². The number of sulfonamides is 1. The molecule has 1 saturated heterocycles. The first-order valence-corrected chi connectivity index (χ1v) is 14.6. The van der Waals surface area contributed by atoms with E-state index >= 15 is 0 Å². The minimum atomic E-state index is -3.73. The molecule has 4 rings (SSSR count). The second-order valence-electron chi connectivity index (χ2n) is 9.41. The van der Waals surface area contributed by atoms with Crippen LogP contribution in [-0.4, -0.2) is 79.9 Å². The lowest BCUT2D eigenvalue weighted by atomic mass is 9.94. The van der Waals surface area contributed by atoms with E-state index in [2.05, 4.69) is 5.32 Å². The van der Waals surface area contributed by atoms with Crippen molar-refractivity contribution in [3.05, 3.63) is 76.2 Å². The molecule has 2 aliphatic rings. The Morgan fingerprint density at radius 3 is 2.36 bits per heavy atom. The maximum atomic E-state index is 13.6. The van der Waals surface area contributed by atoms with Crippen LogP contribution in [0.1, 0.15) is 32.4 Å². The van der Waals surface area contributed by atoms with E-state index in [0.717, 1.165) is 0 Å². The monoisotopic (exact) mass is 578 g/mol. The van der Waals surface area contributed by atoms with Gasteiger partial charge in [-0.25, -0.2) is 22.4 Å². The number of hydrogen-bond donors (Lipinski definition) is 1. The molecule has 1 N–H and O–H groups in total. The Morgan fingerprint density at radius 2 is 1.77 bits per heavy atom. The number of urea groups is 1. The normalized spacial score (nSPS) is 21.2. The van der Waals surface area contributed by atoms with Crippen molar-refractivity contribution in [3.63, 3.8) is 0 Å². The van der Waals surface area contributed by atoms with Crippen LogP contribution in [0, 0.1) is 5.82 Å². The first kappa shape index (κ1) is 29.0. The van der Waals surface area contributed by atoms with E-state index in [0.29, 0.717) is 35.9 Å². The molecule has 0 unspecified atom stereocenters.